The number of alkyl halides is 3. The summed E-state index contributed by atoms with van der Waals surface area (Å²) in [4.78, 5) is 86.0. The molecule has 0 saturated carbocycles. The molecule has 113 heavy (non-hydrogen) atoms. The van der Waals surface area contributed by atoms with Crippen LogP contribution in [0.4, 0.5) is 22.7 Å². The number of aliphatic hydroxyl groups is 2. The van der Waals surface area contributed by atoms with Crippen LogP contribution in [0, 0.1) is 0 Å². The van der Waals surface area contributed by atoms with Gasteiger partial charge in [-0.3, -0.25) is 55.9 Å². The van der Waals surface area contributed by atoms with Gasteiger partial charge in [0.2, 0.25) is 26.9 Å². The summed E-state index contributed by atoms with van der Waals surface area (Å²) in [5.41, 5.74) is 28.4. The standard InChI is InChI=1S/C9H8BrNO2.C9H5BrO2.C9H8ClNO2.C9H5ClO2.C7H6BrNO2.C7H6ClNO2.C6H6BrN.C6H6ClN.C2H3Cl3O2.3CH4.ClH.H3NO.2Na.2H2O4S/c10-8-3-1-2-7(4-8)5-9(12)6-11-13;10-6-1-2-7-5(3-6)4-8(11)9(7)12;10-8-3-1-2-7(4-8)5-9(12)6-11-13;10-6-1-2-7-5(3-6)4-8(11)9(7)12;2*8-5-1-2-7(11-4-10)6(9)3-5;2*7-5-2-1-3-6(8)4-5;3-2(4,5)1(6)7;;;;;1-2;;;2*1-5(2,3)4/h1-4,6,13H,5H2;1-3H,4H2;1-4,6,13H,5H2;1-3H,4H2;2*1-4H,9H2;2*1-4H,8H2;1,6-7H;3*1H4;1H;2H,1H2;;;2*(H2,1,2,3,4)/q;;;;;;;;;;;;;;2*+1;;/p-2/b11-6+;;11-6+;;;;;;;;;;;;;;;. The van der Waals surface area contributed by atoms with Crippen molar-refractivity contribution < 1.29 is 168 Å². The summed E-state index contributed by atoms with van der Waals surface area (Å²) in [5.74, 6) is 2.34. The maximum absolute atomic E-state index is 11.1. The molecule has 0 fully saturated rings. The van der Waals surface area contributed by atoms with Crippen molar-refractivity contribution in [1.29, 1.82) is 0 Å². The third-order valence-corrected chi connectivity index (χ3v) is 14.6. The van der Waals surface area contributed by atoms with E-state index in [4.69, 9.17) is 165 Å². The Hall–Kier alpha value is -5.32. The Morgan fingerprint density at radius 3 is 1.16 bits per heavy atom. The van der Waals surface area contributed by atoms with Gasteiger partial charge in [-0.2, -0.15) is 8.42 Å². The van der Waals surface area contributed by atoms with Gasteiger partial charge >= 0.3 is 69.5 Å². The Morgan fingerprint density at radius 1 is 0.504 bits per heavy atom. The Morgan fingerprint density at radius 2 is 0.814 bits per heavy atom. The first kappa shape index (κ1) is 123. The maximum Gasteiger partial charge on any atom is 1.00 e. The van der Waals surface area contributed by atoms with Crippen molar-refractivity contribution in [2.45, 2.75) is 58.0 Å². The average Bonchev–Trinajstić information content (AvgIpc) is 1.68. The molecule has 2 aliphatic carbocycles. The minimum absolute atomic E-state index is 0. The molecule has 610 valence electrons. The summed E-state index contributed by atoms with van der Waals surface area (Å²) in [7, 11) is -9.83. The maximum atomic E-state index is 11.1. The molecule has 30 nitrogen and oxygen atoms in total. The van der Waals surface area contributed by atoms with Crippen molar-refractivity contribution in [3.63, 3.8) is 0 Å². The first-order valence-corrected chi connectivity index (χ1v) is 36.3. The van der Waals surface area contributed by atoms with Gasteiger partial charge in [-0.1, -0.05) is 214 Å². The summed E-state index contributed by atoms with van der Waals surface area (Å²) < 4.78 is 76.5. The summed E-state index contributed by atoms with van der Waals surface area (Å²) in [6.07, 6.45) is 0.788. The quantitative estimate of drug-likeness (QED) is 0.00520. The van der Waals surface area contributed by atoms with Crippen LogP contribution in [0.15, 0.2) is 198 Å². The van der Waals surface area contributed by atoms with Crippen molar-refractivity contribution in [2.75, 3.05) is 22.9 Å². The normalized spacial score (nSPS) is 10.6. The van der Waals surface area contributed by atoms with Crippen LogP contribution in [0.3, 0.4) is 0 Å². The topological polar surface area (TPSA) is 566 Å². The third-order valence-electron chi connectivity index (χ3n) is 11.1. The summed E-state index contributed by atoms with van der Waals surface area (Å²) in [6.45, 7) is 0.666. The predicted octanol–water partition coefficient (Wildman–Crippen LogP) is 8.66. The largest absolute Gasteiger partial charge is 1.00 e. The number of hydrogen-bond acceptors (Lipinski definition) is 28. The molecule has 17 N–H and O–H groups in total. The number of rotatable bonds is 10. The van der Waals surface area contributed by atoms with E-state index in [0.29, 0.717) is 72.7 Å². The van der Waals surface area contributed by atoms with Crippen LogP contribution in [0.5, 0.6) is 11.5 Å². The third kappa shape index (κ3) is 62.6. The van der Waals surface area contributed by atoms with Crippen LogP contribution >= 0.6 is 157 Å². The number of halogens is 12. The van der Waals surface area contributed by atoms with E-state index < -0.39 is 30.9 Å². The SMILES string of the molecule is C.C.C.Cl.NO.Nc1cc(Br)ccc1OC=O.Nc1cc(Cl)ccc1OC=O.Nc1cccc(Br)c1.Nc1cccc(Cl)c1.O=C(/C=N/O)Cc1cccc(Br)c1.O=C(/C=N/O)Cc1cccc(Cl)c1.O=C1Cc2cc(Br)ccc2C1=O.O=C1Cc2cc(Cl)ccc2C1=O.O=S(=O)(O)O.O=S(=O)([O-])[O-].OC(O)C(Cl)(Cl)Cl.[Na+].[Na+]. The Kier molecular flexibility index (Phi) is 72.8. The van der Waals surface area contributed by atoms with E-state index in [1.165, 1.54) is 12.1 Å². The molecule has 0 aliphatic heterocycles. The molecule has 8 aromatic rings. The number of ether oxygens (including phenoxy) is 2. The van der Waals surface area contributed by atoms with Crippen molar-refractivity contribution in [2.24, 2.45) is 16.2 Å². The molecule has 2 aliphatic rings. The van der Waals surface area contributed by atoms with Crippen molar-refractivity contribution in [3.8, 4) is 11.5 Å². The van der Waals surface area contributed by atoms with Gasteiger partial charge in [0.1, 0.15) is 12.4 Å². The first-order valence-electron chi connectivity index (χ1n) is 27.8. The minimum atomic E-state index is -5.17. The molecule has 0 heterocycles. The van der Waals surface area contributed by atoms with Gasteiger partial charge < -0.3 is 67.3 Å². The van der Waals surface area contributed by atoms with E-state index in [9.17, 15) is 38.4 Å². The fourth-order valence-corrected chi connectivity index (χ4v) is 9.39. The van der Waals surface area contributed by atoms with Gasteiger partial charge in [-0.15, -0.1) is 12.4 Å². The zero-order valence-electron chi connectivity index (χ0n) is 56.2. The zero-order chi connectivity index (χ0) is 82.4. The van der Waals surface area contributed by atoms with Crippen LogP contribution in [-0.4, -0.2) is 131 Å². The molecule has 8 aromatic carbocycles. The summed E-state index contributed by atoms with van der Waals surface area (Å²) in [5, 5.41) is 46.5. The van der Waals surface area contributed by atoms with Gasteiger partial charge in [0, 0.05) is 96.6 Å². The number of fused-ring (bicyclic) bond motifs is 2. The average molecular weight is 2060 g/mol. The number of carbonyl (C=O) groups is 8. The monoisotopic (exact) mass is 2050 g/mol. The van der Waals surface area contributed by atoms with Crippen molar-refractivity contribution in [3.05, 3.63) is 241 Å². The van der Waals surface area contributed by atoms with Gasteiger partial charge in [-0.25, -0.2) is 5.90 Å². The molecule has 0 saturated heterocycles. The van der Waals surface area contributed by atoms with Crippen molar-refractivity contribution in [1.82, 2.24) is 0 Å². The minimum Gasteiger partial charge on any atom is -0.759 e. The molecular formula is C67H71Br4Cl8N7Na2O23S2. The number of Topliss-reactive ketones (excluding diaryl/α,β-unsaturated/α-hetero) is 6. The molecule has 0 aromatic heterocycles. The second-order valence-corrected chi connectivity index (χ2v) is 28.7. The smallest absolute Gasteiger partial charge is 0.759 e. The Bertz CT molecular complexity index is 4250. The molecule has 46 heteroatoms. The number of nitrogen functional groups attached to an aromatic ring is 4. The number of benzene rings is 8. The summed E-state index contributed by atoms with van der Waals surface area (Å²) >= 11 is 50.3. The zero-order valence-corrected chi connectivity index (χ0v) is 74.3. The van der Waals surface area contributed by atoms with E-state index >= 15 is 0 Å². The van der Waals surface area contributed by atoms with Crippen LogP contribution in [0.25, 0.3) is 0 Å². The van der Waals surface area contributed by atoms with E-state index in [1.54, 1.807) is 97.1 Å². The fraction of sp³-hybridized carbons (Fsp3) is 0.134. The molecule has 0 radical (unpaired) electrons. The number of oxime groups is 2. The van der Waals surface area contributed by atoms with Gasteiger partial charge in [0.15, 0.2) is 29.4 Å². The molecule has 0 amide bonds. The van der Waals surface area contributed by atoms with Crippen LogP contribution in [0.1, 0.15) is 65.2 Å². The Labute approximate surface area is 770 Å². The number of anilines is 4. The van der Waals surface area contributed by atoms with Crippen molar-refractivity contribution >= 4 is 261 Å². The number of hydrogen-bond donors (Lipinski definition) is 12. The summed E-state index contributed by atoms with van der Waals surface area (Å²) in [6, 6.07) is 48.9. The second kappa shape index (κ2) is 66.7. The number of carbonyl (C=O) groups excluding carboxylic acids is 8. The molecule has 0 bridgehead atoms. The fourth-order valence-electron chi connectivity index (χ4n) is 6.95. The van der Waals surface area contributed by atoms with Gasteiger partial charge in [-0.05, 0) is 156 Å². The molecule has 0 unspecified atom stereocenters. The molecule has 0 spiro atoms. The van der Waals surface area contributed by atoms with Gasteiger partial charge in [0.25, 0.3) is 12.9 Å². The van der Waals surface area contributed by atoms with E-state index in [2.05, 4.69) is 89.4 Å². The molecule has 0 atom stereocenters. The number of aliphatic hydroxyl groups excluding tert-OH is 1. The first-order chi connectivity index (χ1) is 49.8. The van der Waals surface area contributed by atoms with E-state index in [0.717, 1.165) is 58.3 Å². The Balaban J connectivity index is -0.000000179. The number of ketones is 6. The molecular weight excluding hydrogens is 1980 g/mol. The van der Waals surface area contributed by atoms with Crippen LogP contribution in [-0.2, 0) is 75.2 Å². The van der Waals surface area contributed by atoms with Crippen LogP contribution < -0.4 is 97.4 Å². The van der Waals surface area contributed by atoms with E-state index in [-0.39, 0.29) is 154 Å². The molecule has 10 rings (SSSR count). The van der Waals surface area contributed by atoms with Crippen LogP contribution in [0.2, 0.25) is 20.1 Å². The predicted molar refractivity (Wildman–Crippen MR) is 444 cm³/mol. The second-order valence-electron chi connectivity index (χ2n) is 19.2. The number of nitrogens with zero attached hydrogens (tertiary/aromatic N) is 2. The van der Waals surface area contributed by atoms with E-state index in [1.807, 2.05) is 60.7 Å². The van der Waals surface area contributed by atoms with Gasteiger partial charge in [0.05, 0.1) is 11.4 Å². The number of nitrogens with two attached hydrogens (primary N) is 5.